The number of amides is 1. The average molecular weight is 428 g/mol. The van der Waals surface area contributed by atoms with Gasteiger partial charge in [0.15, 0.2) is 0 Å². The number of nitrogens with zero attached hydrogens (tertiary/aromatic N) is 3. The number of hydrogen-bond acceptors (Lipinski definition) is 5. The molecule has 0 N–H and O–H groups in total. The van der Waals surface area contributed by atoms with Crippen molar-refractivity contribution in [2.75, 3.05) is 39.8 Å². The molecule has 1 aliphatic heterocycles. The third kappa shape index (κ3) is 4.89. The van der Waals surface area contributed by atoms with E-state index >= 15 is 0 Å². The highest BCUT2D eigenvalue weighted by atomic mass is 35.5. The van der Waals surface area contributed by atoms with E-state index in [-0.39, 0.29) is 28.9 Å². The molecule has 0 saturated carbocycles. The van der Waals surface area contributed by atoms with Gasteiger partial charge in [0.1, 0.15) is 4.90 Å². The number of thiophene rings is 1. The molecule has 0 aliphatic carbocycles. The number of halogens is 1. The quantitative estimate of drug-likeness (QED) is 0.710. The molecule has 6 nitrogen and oxygen atoms in total. The molecular weight excluding hydrogens is 406 g/mol. The molecule has 0 atom stereocenters. The summed E-state index contributed by atoms with van der Waals surface area (Å²) in [6.45, 7) is 2.34. The summed E-state index contributed by atoms with van der Waals surface area (Å²) in [6, 6.07) is 8.47. The predicted octanol–water partition coefficient (Wildman–Crippen LogP) is 2.37. The summed E-state index contributed by atoms with van der Waals surface area (Å²) in [5.41, 5.74) is 1.19. The Morgan fingerprint density at radius 1 is 1.19 bits per heavy atom. The SMILES string of the molecule is CN(CC(=O)N1CCN(S(=O)(=O)c2ccccc2Cl)CC1)Cc1ccsc1. The summed E-state index contributed by atoms with van der Waals surface area (Å²) in [7, 11) is -1.73. The fourth-order valence-electron chi connectivity index (χ4n) is 3.05. The Hall–Kier alpha value is -1.45. The van der Waals surface area contributed by atoms with Crippen LogP contribution in [0.5, 0.6) is 0 Å². The minimum atomic E-state index is -3.65. The first-order chi connectivity index (χ1) is 12.9. The molecule has 0 unspecified atom stereocenters. The molecule has 1 fully saturated rings. The third-order valence-electron chi connectivity index (χ3n) is 4.48. The monoisotopic (exact) mass is 427 g/mol. The fraction of sp³-hybridized carbons (Fsp3) is 0.389. The van der Waals surface area contributed by atoms with Crippen LogP contribution >= 0.6 is 22.9 Å². The molecule has 2 aromatic rings. The highest BCUT2D eigenvalue weighted by Crippen LogP contribution is 2.25. The van der Waals surface area contributed by atoms with E-state index in [0.717, 1.165) is 6.54 Å². The highest BCUT2D eigenvalue weighted by molar-refractivity contribution is 7.89. The molecule has 1 aromatic carbocycles. The lowest BCUT2D eigenvalue weighted by Crippen LogP contribution is -2.52. The van der Waals surface area contributed by atoms with E-state index < -0.39 is 10.0 Å². The molecule has 146 valence electrons. The molecule has 1 aromatic heterocycles. The third-order valence-corrected chi connectivity index (χ3v) is 7.61. The lowest BCUT2D eigenvalue weighted by Gasteiger charge is -2.34. The lowest BCUT2D eigenvalue weighted by molar-refractivity contribution is -0.133. The van der Waals surface area contributed by atoms with Gasteiger partial charge in [-0.05, 0) is 41.6 Å². The Balaban J connectivity index is 1.55. The molecule has 1 amide bonds. The smallest absolute Gasteiger partial charge is 0.244 e. The van der Waals surface area contributed by atoms with Crippen molar-refractivity contribution >= 4 is 38.9 Å². The van der Waals surface area contributed by atoms with E-state index in [1.54, 1.807) is 34.4 Å². The van der Waals surface area contributed by atoms with Gasteiger partial charge in [-0.3, -0.25) is 9.69 Å². The number of carbonyl (C=O) groups is 1. The Labute approximate surface area is 169 Å². The van der Waals surface area contributed by atoms with Gasteiger partial charge in [0.2, 0.25) is 15.9 Å². The summed E-state index contributed by atoms with van der Waals surface area (Å²) < 4.78 is 26.9. The van der Waals surface area contributed by atoms with E-state index in [1.165, 1.54) is 15.9 Å². The molecule has 1 saturated heterocycles. The van der Waals surface area contributed by atoms with Crippen molar-refractivity contribution in [3.05, 3.63) is 51.7 Å². The second kappa shape index (κ2) is 8.70. The minimum Gasteiger partial charge on any atom is -0.339 e. The van der Waals surface area contributed by atoms with Crippen LogP contribution in [0.15, 0.2) is 46.0 Å². The fourth-order valence-corrected chi connectivity index (χ4v) is 5.63. The number of benzene rings is 1. The zero-order valence-corrected chi connectivity index (χ0v) is 17.4. The van der Waals surface area contributed by atoms with Crippen LogP contribution in [0.1, 0.15) is 5.56 Å². The highest BCUT2D eigenvalue weighted by Gasteiger charge is 2.31. The largest absolute Gasteiger partial charge is 0.339 e. The van der Waals surface area contributed by atoms with Gasteiger partial charge in [0.05, 0.1) is 11.6 Å². The summed E-state index contributed by atoms with van der Waals surface area (Å²) >= 11 is 7.68. The Morgan fingerprint density at radius 3 is 2.52 bits per heavy atom. The summed E-state index contributed by atoms with van der Waals surface area (Å²) in [5.74, 6) is 0.0162. The summed E-state index contributed by atoms with van der Waals surface area (Å²) in [5, 5.41) is 4.30. The number of likely N-dealkylation sites (N-methyl/N-ethyl adjacent to an activating group) is 1. The van der Waals surface area contributed by atoms with E-state index in [2.05, 4.69) is 5.38 Å². The van der Waals surface area contributed by atoms with Crippen LogP contribution in [0, 0.1) is 0 Å². The molecule has 0 spiro atoms. The normalized spacial score (nSPS) is 16.0. The first-order valence-electron chi connectivity index (χ1n) is 8.60. The van der Waals surface area contributed by atoms with Gasteiger partial charge >= 0.3 is 0 Å². The maximum absolute atomic E-state index is 12.8. The minimum absolute atomic E-state index is 0.0162. The van der Waals surface area contributed by atoms with Crippen molar-refractivity contribution in [1.29, 1.82) is 0 Å². The molecular formula is C18H22ClN3O3S2. The van der Waals surface area contributed by atoms with Gasteiger partial charge in [0, 0.05) is 32.7 Å². The van der Waals surface area contributed by atoms with E-state index in [4.69, 9.17) is 11.6 Å². The molecule has 1 aliphatic rings. The van der Waals surface area contributed by atoms with Crippen LogP contribution in [0.3, 0.4) is 0 Å². The number of piperazine rings is 1. The topological polar surface area (TPSA) is 60.9 Å². The zero-order valence-electron chi connectivity index (χ0n) is 15.0. The van der Waals surface area contributed by atoms with Crippen LogP contribution < -0.4 is 0 Å². The van der Waals surface area contributed by atoms with E-state index in [0.29, 0.717) is 19.6 Å². The summed E-state index contributed by atoms with van der Waals surface area (Å²) in [6.07, 6.45) is 0. The van der Waals surface area contributed by atoms with Crippen molar-refractivity contribution in [1.82, 2.24) is 14.1 Å². The number of sulfonamides is 1. The van der Waals surface area contributed by atoms with Gasteiger partial charge < -0.3 is 4.90 Å². The second-order valence-corrected chi connectivity index (χ2v) is 9.61. The van der Waals surface area contributed by atoms with E-state index in [1.807, 2.05) is 23.4 Å². The number of rotatable bonds is 6. The van der Waals surface area contributed by atoms with Crippen LogP contribution in [0.25, 0.3) is 0 Å². The Kier molecular flexibility index (Phi) is 6.54. The van der Waals surface area contributed by atoms with Gasteiger partial charge in [-0.25, -0.2) is 8.42 Å². The number of carbonyl (C=O) groups excluding carboxylic acids is 1. The molecule has 0 radical (unpaired) electrons. The number of hydrogen-bond donors (Lipinski definition) is 0. The maximum atomic E-state index is 12.8. The first-order valence-corrected chi connectivity index (χ1v) is 11.4. The van der Waals surface area contributed by atoms with E-state index in [9.17, 15) is 13.2 Å². The van der Waals surface area contributed by atoms with Gasteiger partial charge in [0.25, 0.3) is 0 Å². The molecule has 3 rings (SSSR count). The average Bonchev–Trinajstić information content (AvgIpc) is 3.14. The molecule has 2 heterocycles. The first kappa shape index (κ1) is 20.3. The van der Waals surface area contributed by atoms with Gasteiger partial charge in [-0.1, -0.05) is 23.7 Å². The van der Waals surface area contributed by atoms with Crippen LogP contribution in [0.4, 0.5) is 0 Å². The molecule has 27 heavy (non-hydrogen) atoms. The van der Waals surface area contributed by atoms with Crippen molar-refractivity contribution in [2.24, 2.45) is 0 Å². The van der Waals surface area contributed by atoms with Crippen molar-refractivity contribution < 1.29 is 13.2 Å². The Bertz CT molecular complexity index is 879. The van der Waals surface area contributed by atoms with Crippen LogP contribution in [-0.4, -0.2) is 68.2 Å². The van der Waals surface area contributed by atoms with Crippen LogP contribution in [-0.2, 0) is 21.4 Å². The Morgan fingerprint density at radius 2 is 1.89 bits per heavy atom. The van der Waals surface area contributed by atoms with Crippen molar-refractivity contribution in [2.45, 2.75) is 11.4 Å². The van der Waals surface area contributed by atoms with Crippen molar-refractivity contribution in [3.63, 3.8) is 0 Å². The molecule has 0 bridgehead atoms. The van der Waals surface area contributed by atoms with Gasteiger partial charge in [-0.15, -0.1) is 0 Å². The predicted molar refractivity (Wildman–Crippen MR) is 107 cm³/mol. The standard InChI is InChI=1S/C18H22ClN3O3S2/c1-20(12-15-6-11-26-14-15)13-18(23)21-7-9-22(10-8-21)27(24,25)17-5-3-2-4-16(17)19/h2-6,11,14H,7-10,12-13H2,1H3. The second-order valence-electron chi connectivity index (χ2n) is 6.52. The maximum Gasteiger partial charge on any atom is 0.244 e. The van der Waals surface area contributed by atoms with Gasteiger partial charge in [-0.2, -0.15) is 15.6 Å². The van der Waals surface area contributed by atoms with Crippen molar-refractivity contribution in [3.8, 4) is 0 Å². The van der Waals surface area contributed by atoms with Crippen LogP contribution in [0.2, 0.25) is 5.02 Å². The summed E-state index contributed by atoms with van der Waals surface area (Å²) in [4.78, 5) is 16.3. The molecule has 9 heteroatoms. The lowest BCUT2D eigenvalue weighted by atomic mass is 10.3. The zero-order chi connectivity index (χ0) is 19.4.